The lowest BCUT2D eigenvalue weighted by Crippen LogP contribution is -1.95. The van der Waals surface area contributed by atoms with Crippen LogP contribution in [-0.4, -0.2) is 20.2 Å². The fraction of sp³-hybridized carbons (Fsp3) is 0. The molecule has 0 radical (unpaired) electrons. The number of hydrogen-bond acceptors (Lipinski definition) is 5. The highest BCUT2D eigenvalue weighted by molar-refractivity contribution is 5.85. The second kappa shape index (κ2) is 2.71. The Morgan fingerprint density at radius 3 is 3.00 bits per heavy atom. The van der Waals surface area contributed by atoms with Crippen molar-refractivity contribution >= 4 is 16.9 Å². The number of rotatable bonds is 1. The summed E-state index contributed by atoms with van der Waals surface area (Å²) in [5.74, 6) is 0.369. The standard InChI is InChI=1S/C7H6N4O/c12-11-7-5-2-1-3-8-6(5)9-4-10-7/h1-4,12H,(H,8,9,10,11). The van der Waals surface area contributed by atoms with Crippen molar-refractivity contribution in [1.29, 1.82) is 0 Å². The second-order valence-corrected chi connectivity index (χ2v) is 2.21. The van der Waals surface area contributed by atoms with Gasteiger partial charge in [-0.15, -0.1) is 0 Å². The highest BCUT2D eigenvalue weighted by Gasteiger charge is 2.00. The minimum absolute atomic E-state index is 0.369. The Morgan fingerprint density at radius 1 is 1.25 bits per heavy atom. The lowest BCUT2D eigenvalue weighted by molar-refractivity contribution is 0.387. The number of nitrogens with one attached hydrogen (secondary N) is 1. The minimum atomic E-state index is 0.369. The highest BCUT2D eigenvalue weighted by atomic mass is 16.5. The molecule has 0 atom stereocenters. The van der Waals surface area contributed by atoms with E-state index in [9.17, 15) is 0 Å². The first-order valence-electron chi connectivity index (χ1n) is 3.37. The second-order valence-electron chi connectivity index (χ2n) is 2.21. The molecule has 0 bridgehead atoms. The van der Waals surface area contributed by atoms with Crippen molar-refractivity contribution in [3.05, 3.63) is 24.7 Å². The van der Waals surface area contributed by atoms with Gasteiger partial charge < -0.3 is 0 Å². The Balaban J connectivity index is 2.79. The van der Waals surface area contributed by atoms with Gasteiger partial charge in [-0.2, -0.15) is 0 Å². The van der Waals surface area contributed by atoms with Gasteiger partial charge in [-0.25, -0.2) is 15.0 Å². The molecular formula is C7H6N4O. The number of nitrogens with zero attached hydrogens (tertiary/aromatic N) is 3. The largest absolute Gasteiger partial charge is 0.290 e. The third-order valence-corrected chi connectivity index (χ3v) is 1.51. The Bertz CT molecular complexity index is 398. The van der Waals surface area contributed by atoms with Gasteiger partial charge in [0.05, 0.1) is 5.39 Å². The molecule has 0 unspecified atom stereocenters. The Kier molecular flexibility index (Phi) is 1.56. The van der Waals surface area contributed by atoms with E-state index in [-0.39, 0.29) is 0 Å². The van der Waals surface area contributed by atoms with Crippen LogP contribution < -0.4 is 5.48 Å². The molecule has 0 aliphatic rings. The first kappa shape index (κ1) is 6.93. The predicted octanol–water partition coefficient (Wildman–Crippen LogP) is 0.826. The van der Waals surface area contributed by atoms with Crippen molar-refractivity contribution in [2.75, 3.05) is 5.48 Å². The highest BCUT2D eigenvalue weighted by Crippen LogP contribution is 2.14. The van der Waals surface area contributed by atoms with Gasteiger partial charge in [0.15, 0.2) is 11.5 Å². The minimum Gasteiger partial charge on any atom is -0.290 e. The molecule has 0 saturated heterocycles. The van der Waals surface area contributed by atoms with E-state index in [1.807, 2.05) is 5.48 Å². The molecule has 0 fully saturated rings. The summed E-state index contributed by atoms with van der Waals surface area (Å²) in [4.78, 5) is 11.7. The average molecular weight is 162 g/mol. The van der Waals surface area contributed by atoms with Gasteiger partial charge in [-0.05, 0) is 12.1 Å². The van der Waals surface area contributed by atoms with Crippen LogP contribution in [0.25, 0.3) is 11.0 Å². The third kappa shape index (κ3) is 0.960. The molecule has 5 nitrogen and oxygen atoms in total. The average Bonchev–Trinajstić information content (AvgIpc) is 2.17. The molecule has 2 rings (SSSR count). The summed E-state index contributed by atoms with van der Waals surface area (Å²) in [6, 6.07) is 3.54. The molecule has 0 aliphatic carbocycles. The van der Waals surface area contributed by atoms with Crippen molar-refractivity contribution in [2.24, 2.45) is 0 Å². The molecule has 2 heterocycles. The smallest absolute Gasteiger partial charge is 0.164 e. The molecule has 0 aliphatic heterocycles. The summed E-state index contributed by atoms with van der Waals surface area (Å²) in [6.07, 6.45) is 2.98. The van der Waals surface area contributed by atoms with Crippen LogP contribution >= 0.6 is 0 Å². The van der Waals surface area contributed by atoms with Gasteiger partial charge in [0.25, 0.3) is 0 Å². The summed E-state index contributed by atoms with van der Waals surface area (Å²) < 4.78 is 0. The van der Waals surface area contributed by atoms with Crippen LogP contribution in [0.1, 0.15) is 0 Å². The van der Waals surface area contributed by atoms with Crippen LogP contribution in [0.3, 0.4) is 0 Å². The van der Waals surface area contributed by atoms with Crippen molar-refractivity contribution in [1.82, 2.24) is 15.0 Å². The van der Waals surface area contributed by atoms with Crippen LogP contribution in [0.2, 0.25) is 0 Å². The zero-order chi connectivity index (χ0) is 8.39. The van der Waals surface area contributed by atoms with E-state index in [1.165, 1.54) is 6.33 Å². The van der Waals surface area contributed by atoms with E-state index in [2.05, 4.69) is 15.0 Å². The fourth-order valence-corrected chi connectivity index (χ4v) is 0.985. The molecule has 0 amide bonds. The third-order valence-electron chi connectivity index (χ3n) is 1.51. The van der Waals surface area contributed by atoms with E-state index in [0.29, 0.717) is 16.9 Å². The van der Waals surface area contributed by atoms with Gasteiger partial charge >= 0.3 is 0 Å². The molecule has 60 valence electrons. The number of hydrogen-bond donors (Lipinski definition) is 2. The number of pyridine rings is 1. The maximum atomic E-state index is 8.67. The van der Waals surface area contributed by atoms with Gasteiger partial charge in [0, 0.05) is 6.20 Å². The summed E-state index contributed by atoms with van der Waals surface area (Å²) >= 11 is 0. The van der Waals surface area contributed by atoms with E-state index < -0.39 is 0 Å². The quantitative estimate of drug-likeness (QED) is 0.607. The first-order valence-corrected chi connectivity index (χ1v) is 3.37. The molecule has 2 aromatic heterocycles. The van der Waals surface area contributed by atoms with Gasteiger partial charge in [-0.3, -0.25) is 10.7 Å². The summed E-state index contributed by atoms with van der Waals surface area (Å²) in [7, 11) is 0. The molecule has 0 saturated carbocycles. The van der Waals surface area contributed by atoms with E-state index in [0.717, 1.165) is 0 Å². The zero-order valence-electron chi connectivity index (χ0n) is 6.10. The van der Waals surface area contributed by atoms with Crippen LogP contribution in [0, 0.1) is 0 Å². The van der Waals surface area contributed by atoms with Crippen LogP contribution in [-0.2, 0) is 0 Å². The molecule has 2 aromatic rings. The van der Waals surface area contributed by atoms with Gasteiger partial charge in [-0.1, -0.05) is 0 Å². The Hall–Kier alpha value is -1.75. The molecule has 12 heavy (non-hydrogen) atoms. The monoisotopic (exact) mass is 162 g/mol. The molecule has 2 N–H and O–H groups in total. The molecule has 5 heteroatoms. The van der Waals surface area contributed by atoms with Crippen molar-refractivity contribution in [3.63, 3.8) is 0 Å². The molecule has 0 aromatic carbocycles. The lowest BCUT2D eigenvalue weighted by atomic mass is 10.3. The van der Waals surface area contributed by atoms with Crippen LogP contribution in [0.4, 0.5) is 5.82 Å². The molecular weight excluding hydrogens is 156 g/mol. The first-order chi connectivity index (χ1) is 5.92. The summed E-state index contributed by atoms with van der Waals surface area (Å²) in [6.45, 7) is 0. The Labute approximate surface area is 68.1 Å². The number of fused-ring (bicyclic) bond motifs is 1. The van der Waals surface area contributed by atoms with Gasteiger partial charge in [0.2, 0.25) is 0 Å². The Morgan fingerprint density at radius 2 is 2.17 bits per heavy atom. The summed E-state index contributed by atoms with van der Waals surface area (Å²) in [5.41, 5.74) is 2.54. The normalized spacial score (nSPS) is 10.1. The molecule has 0 spiro atoms. The SMILES string of the molecule is ONc1ncnc2ncccc12. The number of anilines is 1. The predicted molar refractivity (Wildman–Crippen MR) is 42.7 cm³/mol. The maximum absolute atomic E-state index is 8.67. The topological polar surface area (TPSA) is 70.9 Å². The van der Waals surface area contributed by atoms with Crippen LogP contribution in [0.5, 0.6) is 0 Å². The van der Waals surface area contributed by atoms with E-state index >= 15 is 0 Å². The zero-order valence-corrected chi connectivity index (χ0v) is 6.10. The van der Waals surface area contributed by atoms with Gasteiger partial charge in [0.1, 0.15) is 6.33 Å². The lowest BCUT2D eigenvalue weighted by Gasteiger charge is -1.99. The fourth-order valence-electron chi connectivity index (χ4n) is 0.985. The van der Waals surface area contributed by atoms with E-state index in [4.69, 9.17) is 5.21 Å². The number of aromatic nitrogens is 3. The van der Waals surface area contributed by atoms with Crippen molar-refractivity contribution in [3.8, 4) is 0 Å². The van der Waals surface area contributed by atoms with Crippen LogP contribution in [0.15, 0.2) is 24.7 Å². The van der Waals surface area contributed by atoms with Crippen molar-refractivity contribution in [2.45, 2.75) is 0 Å². The maximum Gasteiger partial charge on any atom is 0.164 e. The van der Waals surface area contributed by atoms with E-state index in [1.54, 1.807) is 18.3 Å². The van der Waals surface area contributed by atoms with Crippen molar-refractivity contribution < 1.29 is 5.21 Å². The summed E-state index contributed by atoms with van der Waals surface area (Å²) in [5, 5.41) is 9.36.